The van der Waals surface area contributed by atoms with Gasteiger partial charge < -0.3 is 0 Å². The van der Waals surface area contributed by atoms with Gasteiger partial charge in [-0.1, -0.05) is 71.1 Å². The molecule has 0 N–H and O–H groups in total. The van der Waals surface area contributed by atoms with Crippen LogP contribution in [0, 0.1) is 13.8 Å². The van der Waals surface area contributed by atoms with Crippen LogP contribution in [0.1, 0.15) is 22.5 Å². The fourth-order valence-electron chi connectivity index (χ4n) is 2.94. The van der Waals surface area contributed by atoms with E-state index in [1.165, 1.54) is 4.52 Å². The number of rotatable bonds is 4. The van der Waals surface area contributed by atoms with Crippen LogP contribution in [0.4, 0.5) is 0 Å². The normalized spacial score (nSPS) is 15.1. The highest BCUT2D eigenvalue weighted by atomic mass is 79.9. The Morgan fingerprint density at radius 2 is 0.929 bits per heavy atom. The van der Waals surface area contributed by atoms with Crippen molar-refractivity contribution in [2.45, 2.75) is 53.1 Å². The van der Waals surface area contributed by atoms with Gasteiger partial charge in [0.15, 0.2) is 0 Å². The molecule has 28 heavy (non-hydrogen) atoms. The average molecular weight is 676 g/mol. The lowest BCUT2D eigenvalue weighted by Gasteiger charge is -2.17. The molecule has 2 heterocycles. The van der Waals surface area contributed by atoms with E-state index in [0.717, 1.165) is 28.6 Å². The zero-order valence-electron chi connectivity index (χ0n) is 17.2. The predicted molar refractivity (Wildman–Crippen MR) is 140 cm³/mol. The molecule has 0 aliphatic heterocycles. The smallest absolute Gasteiger partial charge is 0.267 e. The molecule has 0 atom stereocenters. The molecule has 2 aromatic rings. The second kappa shape index (κ2) is 8.07. The molecular weight excluding hydrogens is 652 g/mol. The van der Waals surface area contributed by atoms with Gasteiger partial charge >= 0.3 is 0 Å². The lowest BCUT2D eigenvalue weighted by Crippen LogP contribution is -2.26. The Kier molecular flexibility index (Phi) is 7.07. The van der Waals surface area contributed by atoms with Gasteiger partial charge in [-0.3, -0.25) is 14.1 Å². The minimum atomic E-state index is -1.68. The summed E-state index contributed by atoms with van der Waals surface area (Å²) in [7, 11) is -3.35. The van der Waals surface area contributed by atoms with Crippen molar-refractivity contribution in [3.05, 3.63) is 51.4 Å². The molecule has 2 aromatic heterocycles. The van der Waals surface area contributed by atoms with Crippen LogP contribution in [0.2, 0.25) is 39.3 Å². The molecule has 0 aliphatic carbocycles. The maximum atomic E-state index is 13.2. The fraction of sp³-hybridized carbons (Fsp3) is 0.444. The maximum Gasteiger partial charge on any atom is 0.283 e. The average Bonchev–Trinajstić information content (AvgIpc) is 2.96. The van der Waals surface area contributed by atoms with Gasteiger partial charge in [0.2, 0.25) is 0 Å². The maximum absolute atomic E-state index is 13.2. The molecule has 0 radical (unpaired) electrons. The summed E-state index contributed by atoms with van der Waals surface area (Å²) in [4.78, 5) is 26.5. The third kappa shape index (κ3) is 4.06. The van der Waals surface area contributed by atoms with Gasteiger partial charge in [0.05, 0.1) is 38.7 Å². The van der Waals surface area contributed by atoms with Gasteiger partial charge in [0.1, 0.15) is 0 Å². The van der Waals surface area contributed by atoms with Crippen molar-refractivity contribution in [3.8, 4) is 0 Å². The van der Waals surface area contributed by atoms with E-state index in [1.54, 1.807) is 4.52 Å². The first-order valence-electron chi connectivity index (χ1n) is 8.76. The van der Waals surface area contributed by atoms with Crippen molar-refractivity contribution >= 4 is 88.8 Å². The SMILES string of the molecule is Cc1c(/C(Br)=C(\Br)[Si](C)(C)C)c(=O)n2c(=O)c(/C(Br)=C(\Br)[Si](C)(C)C)c(C)n12. The third-order valence-electron chi connectivity index (χ3n) is 4.51. The molecular formula is C18H24Br4N2O2Si2. The van der Waals surface area contributed by atoms with Crippen molar-refractivity contribution in [3.63, 3.8) is 0 Å². The standard InChI is InChI=1S/C18H24Br4N2O2Si2/c1-9-11(13(19)15(21)27(3,4)5)17(25)24-18(26)12(10(2)23(9)24)14(20)16(22)28(6,7)8/h1-8H3/b15-13-,16-14-. The van der Waals surface area contributed by atoms with E-state index in [2.05, 4.69) is 103 Å². The molecule has 0 spiro atoms. The van der Waals surface area contributed by atoms with E-state index in [4.69, 9.17) is 0 Å². The van der Waals surface area contributed by atoms with Gasteiger partial charge in [-0.05, 0) is 53.9 Å². The van der Waals surface area contributed by atoms with Crippen molar-refractivity contribution in [2.24, 2.45) is 0 Å². The highest BCUT2D eigenvalue weighted by Crippen LogP contribution is 2.37. The molecule has 0 amide bonds. The highest BCUT2D eigenvalue weighted by molar-refractivity contribution is 9.17. The molecule has 4 nitrogen and oxygen atoms in total. The monoisotopic (exact) mass is 672 g/mol. The lowest BCUT2D eigenvalue weighted by molar-refractivity contribution is 0.768. The number of hydrogen-bond donors (Lipinski definition) is 0. The molecule has 2 rings (SSSR count). The summed E-state index contributed by atoms with van der Waals surface area (Å²) in [5, 5.41) is 0. The van der Waals surface area contributed by atoms with Crippen molar-refractivity contribution in [1.82, 2.24) is 9.03 Å². The molecule has 0 aromatic carbocycles. The Bertz CT molecular complexity index is 1050. The van der Waals surface area contributed by atoms with Gasteiger partial charge in [-0.25, -0.2) is 0 Å². The molecule has 0 fully saturated rings. The summed E-state index contributed by atoms with van der Waals surface area (Å²) in [5.74, 6) is 0. The molecule has 154 valence electrons. The van der Waals surface area contributed by atoms with E-state index in [0.29, 0.717) is 11.1 Å². The first-order chi connectivity index (χ1) is 12.5. The summed E-state index contributed by atoms with van der Waals surface area (Å²) in [5.41, 5.74) is 1.96. The predicted octanol–water partition coefficient (Wildman–Crippen LogP) is 6.49. The molecule has 10 heteroatoms. The third-order valence-corrected chi connectivity index (χ3v) is 19.0. The largest absolute Gasteiger partial charge is 0.283 e. The van der Waals surface area contributed by atoms with Crippen molar-refractivity contribution < 1.29 is 0 Å². The molecule has 0 aliphatic rings. The van der Waals surface area contributed by atoms with Crippen molar-refractivity contribution in [1.29, 1.82) is 0 Å². The number of halogens is 4. The minimum Gasteiger partial charge on any atom is -0.267 e. The molecule has 0 unspecified atom stereocenters. The van der Waals surface area contributed by atoms with Gasteiger partial charge in [0.25, 0.3) is 11.1 Å². The van der Waals surface area contributed by atoms with E-state index in [-0.39, 0.29) is 11.1 Å². The highest BCUT2D eigenvalue weighted by Gasteiger charge is 2.30. The van der Waals surface area contributed by atoms with Crippen LogP contribution in [-0.4, -0.2) is 25.2 Å². The van der Waals surface area contributed by atoms with E-state index < -0.39 is 16.1 Å². The zero-order chi connectivity index (χ0) is 21.9. The quantitative estimate of drug-likeness (QED) is 0.348. The second-order valence-corrected chi connectivity index (χ2v) is 23.5. The Morgan fingerprint density at radius 3 is 1.14 bits per heavy atom. The Hall–Kier alpha value is 0.254. The van der Waals surface area contributed by atoms with Crippen LogP contribution in [0.3, 0.4) is 0 Å². The van der Waals surface area contributed by atoms with Crippen LogP contribution in [-0.2, 0) is 0 Å². The number of aryl methyl sites for hydroxylation is 2. The van der Waals surface area contributed by atoms with E-state index >= 15 is 0 Å². The summed E-state index contributed by atoms with van der Waals surface area (Å²) in [6.07, 6.45) is 0. The molecule has 0 saturated carbocycles. The van der Waals surface area contributed by atoms with E-state index in [1.807, 2.05) is 13.8 Å². The summed E-state index contributed by atoms with van der Waals surface area (Å²) in [6.45, 7) is 16.9. The Morgan fingerprint density at radius 1 is 0.643 bits per heavy atom. The van der Waals surface area contributed by atoms with Gasteiger partial charge in [0, 0.05) is 8.96 Å². The number of aromatic nitrogens is 2. The number of fused-ring (bicyclic) bond motifs is 1. The molecule has 0 bridgehead atoms. The first kappa shape index (κ1) is 24.5. The van der Waals surface area contributed by atoms with Crippen LogP contribution >= 0.6 is 63.7 Å². The second-order valence-electron chi connectivity index (χ2n) is 8.91. The van der Waals surface area contributed by atoms with Gasteiger partial charge in [-0.15, -0.1) is 0 Å². The van der Waals surface area contributed by atoms with Crippen LogP contribution < -0.4 is 11.1 Å². The first-order valence-corrected chi connectivity index (χ1v) is 18.9. The van der Waals surface area contributed by atoms with E-state index in [9.17, 15) is 9.59 Å². The topological polar surface area (TPSA) is 43.0 Å². The fourth-order valence-corrected chi connectivity index (χ4v) is 9.39. The lowest BCUT2D eigenvalue weighted by atomic mass is 10.2. The van der Waals surface area contributed by atoms with Gasteiger partial charge in [-0.2, -0.15) is 4.52 Å². The van der Waals surface area contributed by atoms with Crippen LogP contribution in [0.25, 0.3) is 8.96 Å². The van der Waals surface area contributed by atoms with Crippen molar-refractivity contribution in [2.75, 3.05) is 0 Å². The zero-order valence-corrected chi connectivity index (χ0v) is 25.6. The Labute approximate surface area is 201 Å². The number of nitrogens with zero attached hydrogens (tertiary/aromatic N) is 2. The number of hydrogen-bond acceptors (Lipinski definition) is 2. The van der Waals surface area contributed by atoms with Crippen LogP contribution in [0.5, 0.6) is 0 Å². The minimum absolute atomic E-state index is 0.302. The summed E-state index contributed by atoms with van der Waals surface area (Å²) >= 11 is 14.6. The summed E-state index contributed by atoms with van der Waals surface area (Å²) in [6, 6.07) is 0. The van der Waals surface area contributed by atoms with Crippen LogP contribution in [0.15, 0.2) is 17.8 Å². The molecule has 0 saturated heterocycles. The summed E-state index contributed by atoms with van der Waals surface area (Å²) < 4.78 is 6.48. The Balaban J connectivity index is 2.95.